The Morgan fingerprint density at radius 3 is 3.11 bits per heavy atom. The van der Waals surface area contributed by atoms with Gasteiger partial charge in [-0.1, -0.05) is 38.5 Å². The third kappa shape index (κ3) is 3.95. The Labute approximate surface area is 113 Å². The maximum atomic E-state index is 4.15. The standard InChI is InChI=1S/C12H23N5S/c1-3-13-7-8-17-12(14-15-16-17)18-11-6-4-5-10(2)9-11/h10-11,13H,3-9H2,1-2H3. The van der Waals surface area contributed by atoms with E-state index in [-0.39, 0.29) is 0 Å². The van der Waals surface area contributed by atoms with Crippen molar-refractivity contribution >= 4 is 11.8 Å². The van der Waals surface area contributed by atoms with Crippen LogP contribution in [0.1, 0.15) is 39.5 Å². The number of hydrogen-bond donors (Lipinski definition) is 1. The molecule has 1 fully saturated rings. The molecular weight excluding hydrogens is 246 g/mol. The van der Waals surface area contributed by atoms with Crippen molar-refractivity contribution in [2.45, 2.75) is 56.5 Å². The van der Waals surface area contributed by atoms with Crippen LogP contribution in [0.15, 0.2) is 5.16 Å². The summed E-state index contributed by atoms with van der Waals surface area (Å²) in [5.74, 6) is 0.849. The highest BCUT2D eigenvalue weighted by molar-refractivity contribution is 7.99. The lowest BCUT2D eigenvalue weighted by Gasteiger charge is -2.25. The lowest BCUT2D eigenvalue weighted by Crippen LogP contribution is -2.21. The van der Waals surface area contributed by atoms with Gasteiger partial charge in [-0.25, -0.2) is 4.68 Å². The van der Waals surface area contributed by atoms with Gasteiger partial charge in [0.05, 0.1) is 6.54 Å². The number of thioether (sulfide) groups is 1. The Morgan fingerprint density at radius 1 is 1.44 bits per heavy atom. The summed E-state index contributed by atoms with van der Waals surface area (Å²) in [4.78, 5) is 0. The molecule has 0 saturated heterocycles. The highest BCUT2D eigenvalue weighted by atomic mass is 32.2. The van der Waals surface area contributed by atoms with Gasteiger partial charge in [-0.3, -0.25) is 0 Å². The molecule has 0 bridgehead atoms. The van der Waals surface area contributed by atoms with E-state index in [1.165, 1.54) is 25.7 Å². The average molecular weight is 269 g/mol. The van der Waals surface area contributed by atoms with Crippen LogP contribution in [0.3, 0.4) is 0 Å². The highest BCUT2D eigenvalue weighted by Gasteiger charge is 2.22. The molecule has 2 atom stereocenters. The number of aromatic nitrogens is 4. The second-order valence-corrected chi connectivity index (χ2v) is 6.32. The summed E-state index contributed by atoms with van der Waals surface area (Å²) < 4.78 is 1.92. The minimum atomic E-state index is 0.692. The van der Waals surface area contributed by atoms with Crippen molar-refractivity contribution < 1.29 is 0 Å². The summed E-state index contributed by atoms with van der Waals surface area (Å²) in [6.45, 7) is 7.23. The molecule has 1 heterocycles. The molecule has 2 rings (SSSR count). The molecule has 0 spiro atoms. The zero-order chi connectivity index (χ0) is 12.8. The van der Waals surface area contributed by atoms with Crippen molar-refractivity contribution in [2.75, 3.05) is 13.1 Å². The minimum Gasteiger partial charge on any atom is -0.315 e. The first-order valence-corrected chi connectivity index (χ1v) is 7.81. The monoisotopic (exact) mass is 269 g/mol. The Kier molecular flexibility index (Phi) is 5.44. The Morgan fingerprint density at radius 2 is 2.33 bits per heavy atom. The van der Waals surface area contributed by atoms with Crippen molar-refractivity contribution in [1.29, 1.82) is 0 Å². The maximum absolute atomic E-state index is 4.15. The molecule has 6 heteroatoms. The molecule has 0 radical (unpaired) electrons. The van der Waals surface area contributed by atoms with Gasteiger partial charge in [0.2, 0.25) is 5.16 Å². The first-order valence-electron chi connectivity index (χ1n) is 6.93. The molecular formula is C12H23N5S. The van der Waals surface area contributed by atoms with Crippen molar-refractivity contribution in [2.24, 2.45) is 5.92 Å². The summed E-state index contributed by atoms with van der Waals surface area (Å²) in [5.41, 5.74) is 0. The van der Waals surface area contributed by atoms with E-state index in [9.17, 15) is 0 Å². The van der Waals surface area contributed by atoms with E-state index in [0.717, 1.165) is 30.7 Å². The van der Waals surface area contributed by atoms with Crippen LogP contribution in [0.25, 0.3) is 0 Å². The molecule has 1 N–H and O–H groups in total. The molecule has 18 heavy (non-hydrogen) atoms. The summed E-state index contributed by atoms with van der Waals surface area (Å²) >= 11 is 1.86. The molecule has 1 aliphatic carbocycles. The summed E-state index contributed by atoms with van der Waals surface area (Å²) in [6, 6.07) is 0. The van der Waals surface area contributed by atoms with Crippen molar-refractivity contribution in [3.8, 4) is 0 Å². The first-order chi connectivity index (χ1) is 8.79. The van der Waals surface area contributed by atoms with E-state index in [1.54, 1.807) is 0 Å². The van der Waals surface area contributed by atoms with Gasteiger partial charge in [-0.15, -0.1) is 5.10 Å². The van der Waals surface area contributed by atoms with Crippen LogP contribution >= 0.6 is 11.8 Å². The van der Waals surface area contributed by atoms with E-state index < -0.39 is 0 Å². The lowest BCUT2D eigenvalue weighted by atomic mass is 9.91. The van der Waals surface area contributed by atoms with Crippen LogP contribution in [0, 0.1) is 5.92 Å². The molecule has 102 valence electrons. The third-order valence-electron chi connectivity index (χ3n) is 3.41. The predicted octanol–water partition coefficient (Wildman–Crippen LogP) is 1.95. The topological polar surface area (TPSA) is 55.6 Å². The fourth-order valence-electron chi connectivity index (χ4n) is 2.42. The molecule has 0 aromatic carbocycles. The molecule has 2 unspecified atom stereocenters. The lowest BCUT2D eigenvalue weighted by molar-refractivity contribution is 0.393. The highest BCUT2D eigenvalue weighted by Crippen LogP contribution is 2.34. The van der Waals surface area contributed by atoms with Gasteiger partial charge in [-0.2, -0.15) is 0 Å². The van der Waals surface area contributed by atoms with Crippen molar-refractivity contribution in [3.05, 3.63) is 0 Å². The van der Waals surface area contributed by atoms with E-state index in [4.69, 9.17) is 0 Å². The number of hydrogen-bond acceptors (Lipinski definition) is 5. The second-order valence-electron chi connectivity index (χ2n) is 5.05. The number of rotatable bonds is 6. The normalized spacial score (nSPS) is 24.3. The summed E-state index contributed by atoms with van der Waals surface area (Å²) in [5, 5.41) is 17.0. The predicted molar refractivity (Wildman–Crippen MR) is 73.6 cm³/mol. The van der Waals surface area contributed by atoms with Crippen LogP contribution in [0.4, 0.5) is 0 Å². The molecule has 1 saturated carbocycles. The number of likely N-dealkylation sites (N-methyl/N-ethyl adjacent to an activating group) is 1. The molecule has 5 nitrogen and oxygen atoms in total. The fraction of sp³-hybridized carbons (Fsp3) is 0.917. The van der Waals surface area contributed by atoms with Gasteiger partial charge >= 0.3 is 0 Å². The van der Waals surface area contributed by atoms with E-state index in [1.807, 2.05) is 16.4 Å². The Hall–Kier alpha value is -0.620. The van der Waals surface area contributed by atoms with Crippen LogP contribution in [-0.2, 0) is 6.54 Å². The minimum absolute atomic E-state index is 0.692. The molecule has 0 amide bonds. The van der Waals surface area contributed by atoms with E-state index in [0.29, 0.717) is 5.25 Å². The van der Waals surface area contributed by atoms with E-state index >= 15 is 0 Å². The van der Waals surface area contributed by atoms with E-state index in [2.05, 4.69) is 34.7 Å². The first kappa shape index (κ1) is 13.8. The quantitative estimate of drug-likeness (QED) is 0.800. The number of nitrogens with one attached hydrogen (secondary N) is 1. The third-order valence-corrected chi connectivity index (χ3v) is 4.67. The summed E-state index contributed by atoms with van der Waals surface area (Å²) in [7, 11) is 0. The number of tetrazole rings is 1. The SMILES string of the molecule is CCNCCn1nnnc1SC1CCCC(C)C1. The van der Waals surface area contributed by atoms with Gasteiger partial charge in [0.15, 0.2) is 0 Å². The average Bonchev–Trinajstić information content (AvgIpc) is 2.77. The van der Waals surface area contributed by atoms with Gasteiger partial charge < -0.3 is 5.32 Å². The van der Waals surface area contributed by atoms with Gasteiger partial charge in [0, 0.05) is 11.8 Å². The fourth-order valence-corrected chi connectivity index (χ4v) is 3.76. The molecule has 1 aliphatic rings. The van der Waals surface area contributed by atoms with Crippen molar-refractivity contribution in [3.63, 3.8) is 0 Å². The van der Waals surface area contributed by atoms with Crippen LogP contribution in [0.5, 0.6) is 0 Å². The molecule has 0 aliphatic heterocycles. The Balaban J connectivity index is 1.86. The largest absolute Gasteiger partial charge is 0.315 e. The van der Waals surface area contributed by atoms with Gasteiger partial charge in [0.25, 0.3) is 0 Å². The maximum Gasteiger partial charge on any atom is 0.209 e. The summed E-state index contributed by atoms with van der Waals surface area (Å²) in [6.07, 6.45) is 5.32. The molecule has 1 aromatic heterocycles. The zero-order valence-corrected chi connectivity index (χ0v) is 12.1. The Bertz CT molecular complexity index is 354. The van der Waals surface area contributed by atoms with Crippen LogP contribution in [-0.4, -0.2) is 38.5 Å². The van der Waals surface area contributed by atoms with Gasteiger partial charge in [-0.05, 0) is 35.7 Å². The number of nitrogens with zero attached hydrogens (tertiary/aromatic N) is 4. The van der Waals surface area contributed by atoms with Crippen LogP contribution < -0.4 is 5.32 Å². The second kappa shape index (κ2) is 7.09. The van der Waals surface area contributed by atoms with Crippen molar-refractivity contribution in [1.82, 2.24) is 25.5 Å². The smallest absolute Gasteiger partial charge is 0.209 e. The zero-order valence-electron chi connectivity index (χ0n) is 11.3. The molecule has 1 aromatic rings. The van der Waals surface area contributed by atoms with Gasteiger partial charge in [0.1, 0.15) is 0 Å². The van der Waals surface area contributed by atoms with Crippen LogP contribution in [0.2, 0.25) is 0 Å².